The van der Waals surface area contributed by atoms with Crippen LogP contribution in [0.4, 0.5) is 18.9 Å². The lowest BCUT2D eigenvalue weighted by Crippen LogP contribution is -2.39. The normalized spacial score (nSPS) is 15.5. The van der Waals surface area contributed by atoms with Crippen molar-refractivity contribution in [3.63, 3.8) is 0 Å². The van der Waals surface area contributed by atoms with Gasteiger partial charge in [0, 0.05) is 23.4 Å². The van der Waals surface area contributed by atoms with E-state index in [-0.39, 0.29) is 45.4 Å². The van der Waals surface area contributed by atoms with Gasteiger partial charge in [-0.15, -0.1) is 8.78 Å². The average molecular weight is 508 g/mol. The first-order valence-electron chi connectivity index (χ1n) is 11.1. The van der Waals surface area contributed by atoms with E-state index in [1.807, 2.05) is 0 Å². The van der Waals surface area contributed by atoms with Crippen molar-refractivity contribution in [3.05, 3.63) is 64.5 Å². The number of alkyl halides is 2. The zero-order valence-corrected chi connectivity index (χ0v) is 18.7. The van der Waals surface area contributed by atoms with Gasteiger partial charge in [-0.25, -0.2) is 14.1 Å². The second-order valence-electron chi connectivity index (χ2n) is 8.54. The predicted molar refractivity (Wildman–Crippen MR) is 121 cm³/mol. The summed E-state index contributed by atoms with van der Waals surface area (Å²) in [5, 5.41) is 13.3. The number of H-pyrrole nitrogens is 1. The van der Waals surface area contributed by atoms with Crippen LogP contribution in [-0.4, -0.2) is 38.0 Å². The molecule has 6 rings (SSSR count). The number of ether oxygens (including phenoxy) is 2. The molecule has 2 aromatic heterocycles. The molecule has 4 aromatic rings. The summed E-state index contributed by atoms with van der Waals surface area (Å²) in [6.07, 6.45) is -1.14. The molecule has 1 aliphatic heterocycles. The fraction of sp³-hybridized carbons (Fsp3) is 0.208. The summed E-state index contributed by atoms with van der Waals surface area (Å²) in [5.74, 6) is -1.65. The lowest BCUT2D eigenvalue weighted by atomic mass is 10.1. The van der Waals surface area contributed by atoms with E-state index in [0.717, 1.165) is 10.7 Å². The number of carbonyl (C=O) groups excluding carboxylic acids is 1. The summed E-state index contributed by atoms with van der Waals surface area (Å²) in [6.45, 7) is -0.485. The van der Waals surface area contributed by atoms with Gasteiger partial charge in [-0.05, 0) is 37.1 Å². The minimum atomic E-state index is -3.80. The van der Waals surface area contributed by atoms with Gasteiger partial charge >= 0.3 is 6.29 Å². The molecule has 1 amide bonds. The minimum Gasteiger partial charge on any atom is -0.395 e. The Morgan fingerprint density at radius 1 is 1.22 bits per heavy atom. The first-order valence-corrected chi connectivity index (χ1v) is 11.1. The third-order valence-electron chi connectivity index (χ3n) is 6.02. The standard InChI is InChI=1S/C24H15F3N6O4/c25-16-7-12(1-2-13(16)9-28)20-21-22(30-11-29-21)23(35)32(31-20)10-19(34)33(14-3-4-14)15-5-6-17-18(8-15)37-24(26,27)36-17/h1-2,5-8,11,14H,3-4,10H2,(H,29,30). The smallest absolute Gasteiger partial charge is 0.395 e. The molecule has 2 aromatic carbocycles. The predicted octanol–water partition coefficient (Wildman–Crippen LogP) is 3.31. The number of hydrogen-bond acceptors (Lipinski definition) is 7. The summed E-state index contributed by atoms with van der Waals surface area (Å²) in [5.41, 5.74) is 0.143. The highest BCUT2D eigenvalue weighted by Crippen LogP contribution is 2.44. The molecule has 1 saturated carbocycles. The van der Waals surface area contributed by atoms with Crippen LogP contribution < -0.4 is 19.9 Å². The van der Waals surface area contributed by atoms with Gasteiger partial charge in [0.1, 0.15) is 35.2 Å². The number of fused-ring (bicyclic) bond motifs is 2. The van der Waals surface area contributed by atoms with Crippen LogP contribution in [-0.2, 0) is 11.3 Å². The van der Waals surface area contributed by atoms with Crippen molar-refractivity contribution < 1.29 is 27.4 Å². The van der Waals surface area contributed by atoms with Crippen LogP contribution in [0, 0.1) is 17.1 Å². The van der Waals surface area contributed by atoms with Gasteiger partial charge in [-0.3, -0.25) is 9.59 Å². The molecule has 10 nitrogen and oxygen atoms in total. The number of imidazole rings is 1. The molecular weight excluding hydrogens is 493 g/mol. The summed E-state index contributed by atoms with van der Waals surface area (Å²) in [7, 11) is 0. The molecule has 1 fully saturated rings. The Morgan fingerprint density at radius 3 is 2.73 bits per heavy atom. The Balaban J connectivity index is 1.37. The number of hydrogen-bond donors (Lipinski definition) is 1. The SMILES string of the molecule is N#Cc1ccc(-c2nn(CC(=O)N(c3ccc4c(c3)OC(F)(F)O4)C3CC3)c(=O)c3[nH]cnc23)cc1F. The fourth-order valence-corrected chi connectivity index (χ4v) is 4.22. The molecule has 0 spiro atoms. The molecule has 0 atom stereocenters. The van der Waals surface area contributed by atoms with Gasteiger partial charge in [0.2, 0.25) is 5.91 Å². The van der Waals surface area contributed by atoms with Crippen LogP contribution in [0.2, 0.25) is 0 Å². The van der Waals surface area contributed by atoms with E-state index in [0.29, 0.717) is 18.5 Å². The number of benzene rings is 2. The Kier molecular flexibility index (Phi) is 4.94. The number of nitrogens with zero attached hydrogens (tertiary/aromatic N) is 5. The van der Waals surface area contributed by atoms with E-state index in [9.17, 15) is 22.8 Å². The van der Waals surface area contributed by atoms with E-state index >= 15 is 0 Å². The molecule has 37 heavy (non-hydrogen) atoms. The molecule has 186 valence electrons. The van der Waals surface area contributed by atoms with E-state index in [1.165, 1.54) is 41.6 Å². The van der Waals surface area contributed by atoms with Gasteiger partial charge in [0.15, 0.2) is 11.5 Å². The zero-order valence-electron chi connectivity index (χ0n) is 18.7. The highest BCUT2D eigenvalue weighted by molar-refractivity contribution is 5.95. The number of aromatic amines is 1. The van der Waals surface area contributed by atoms with Crippen LogP contribution in [0.25, 0.3) is 22.3 Å². The van der Waals surface area contributed by atoms with Crippen molar-refractivity contribution in [1.82, 2.24) is 19.7 Å². The highest BCUT2D eigenvalue weighted by atomic mass is 19.3. The van der Waals surface area contributed by atoms with Gasteiger partial charge in [-0.1, -0.05) is 6.07 Å². The van der Waals surface area contributed by atoms with Crippen molar-refractivity contribution in [2.24, 2.45) is 0 Å². The molecule has 0 unspecified atom stereocenters. The largest absolute Gasteiger partial charge is 0.586 e. The average Bonchev–Trinajstić information content (AvgIpc) is 3.45. The molecule has 3 heterocycles. The van der Waals surface area contributed by atoms with Crippen LogP contribution in [0.15, 0.2) is 47.5 Å². The zero-order chi connectivity index (χ0) is 25.9. The van der Waals surface area contributed by atoms with Crippen molar-refractivity contribution in [2.75, 3.05) is 4.90 Å². The Bertz CT molecular complexity index is 1690. The lowest BCUT2D eigenvalue weighted by molar-refractivity contribution is -0.286. The maximum atomic E-state index is 14.3. The Hall–Kier alpha value is -4.86. The third kappa shape index (κ3) is 3.92. The number of amides is 1. The van der Waals surface area contributed by atoms with Crippen LogP contribution in [0.3, 0.4) is 0 Å². The van der Waals surface area contributed by atoms with Crippen molar-refractivity contribution in [3.8, 4) is 28.8 Å². The molecule has 1 aliphatic carbocycles. The Morgan fingerprint density at radius 2 is 2.00 bits per heavy atom. The highest BCUT2D eigenvalue weighted by Gasteiger charge is 2.44. The molecular formula is C24H15F3N6O4. The number of nitriles is 1. The van der Waals surface area contributed by atoms with Crippen molar-refractivity contribution >= 4 is 22.6 Å². The monoisotopic (exact) mass is 508 g/mol. The first kappa shape index (κ1) is 22.6. The summed E-state index contributed by atoms with van der Waals surface area (Å²) in [6, 6.07) is 9.42. The number of rotatable bonds is 5. The Labute approximate surface area is 205 Å². The quantitative estimate of drug-likeness (QED) is 0.438. The number of nitrogens with one attached hydrogen (secondary N) is 1. The first-order chi connectivity index (χ1) is 17.7. The van der Waals surface area contributed by atoms with E-state index < -0.39 is 30.1 Å². The fourth-order valence-electron chi connectivity index (χ4n) is 4.22. The molecule has 0 bridgehead atoms. The summed E-state index contributed by atoms with van der Waals surface area (Å²) >= 11 is 0. The molecule has 2 aliphatic rings. The maximum Gasteiger partial charge on any atom is 0.586 e. The molecule has 13 heteroatoms. The summed E-state index contributed by atoms with van der Waals surface area (Å²) in [4.78, 5) is 34.7. The number of anilines is 1. The van der Waals surface area contributed by atoms with Crippen LogP contribution in [0.1, 0.15) is 18.4 Å². The molecule has 1 N–H and O–H groups in total. The van der Waals surface area contributed by atoms with Crippen molar-refractivity contribution in [1.29, 1.82) is 5.26 Å². The summed E-state index contributed by atoms with van der Waals surface area (Å²) < 4.78 is 51.1. The molecule has 0 radical (unpaired) electrons. The topological polar surface area (TPSA) is 126 Å². The van der Waals surface area contributed by atoms with Gasteiger partial charge in [0.05, 0.1) is 11.9 Å². The second-order valence-corrected chi connectivity index (χ2v) is 8.54. The van der Waals surface area contributed by atoms with Crippen molar-refractivity contribution in [2.45, 2.75) is 31.7 Å². The minimum absolute atomic E-state index is 0.0610. The number of halogens is 3. The number of carbonyl (C=O) groups is 1. The number of aromatic nitrogens is 4. The van der Waals surface area contributed by atoms with Gasteiger partial charge < -0.3 is 19.4 Å². The second kappa shape index (κ2) is 8.09. The van der Waals surface area contributed by atoms with E-state index in [1.54, 1.807) is 6.07 Å². The molecule has 0 saturated heterocycles. The van der Waals surface area contributed by atoms with E-state index in [2.05, 4.69) is 24.5 Å². The van der Waals surface area contributed by atoms with Gasteiger partial charge in [0.25, 0.3) is 5.56 Å². The lowest BCUT2D eigenvalue weighted by Gasteiger charge is -2.23. The maximum absolute atomic E-state index is 14.3. The van der Waals surface area contributed by atoms with E-state index in [4.69, 9.17) is 5.26 Å². The van der Waals surface area contributed by atoms with Gasteiger partial charge in [-0.2, -0.15) is 10.4 Å². The van der Waals surface area contributed by atoms with Crippen LogP contribution >= 0.6 is 0 Å². The third-order valence-corrected chi connectivity index (χ3v) is 6.02. The van der Waals surface area contributed by atoms with Crippen LogP contribution in [0.5, 0.6) is 11.5 Å².